The highest BCUT2D eigenvalue weighted by atomic mass is 16.5. The molecule has 0 heterocycles. The number of aliphatic carboxylic acids is 1. The van der Waals surface area contributed by atoms with Crippen molar-refractivity contribution in [3.8, 4) is 28.4 Å². The molecule has 6 heteroatoms. The number of phenolic OH excluding ortho intramolecular Hbond substituents is 1. The SMILES string of the molecule is COc1c(C)c(-c2ccc(NCc3cccc(O)c3)cc2)c(OC)c(C)c1C=C(C)C(=O)O. The minimum absolute atomic E-state index is 0.216. The number of carboxylic acid groups (broad SMARTS) is 1. The molecule has 3 aromatic carbocycles. The lowest BCUT2D eigenvalue weighted by atomic mass is 9.91. The lowest BCUT2D eigenvalue weighted by Crippen LogP contribution is -2.03. The van der Waals surface area contributed by atoms with Gasteiger partial charge in [0.2, 0.25) is 0 Å². The Morgan fingerprint density at radius 1 is 1.00 bits per heavy atom. The summed E-state index contributed by atoms with van der Waals surface area (Å²) in [7, 11) is 3.19. The van der Waals surface area contributed by atoms with Gasteiger partial charge in [-0.15, -0.1) is 0 Å². The molecule has 172 valence electrons. The van der Waals surface area contributed by atoms with Crippen molar-refractivity contribution < 1.29 is 24.5 Å². The topological polar surface area (TPSA) is 88.0 Å². The number of methoxy groups -OCH3 is 2. The van der Waals surface area contributed by atoms with E-state index in [4.69, 9.17) is 9.47 Å². The third-order valence-corrected chi connectivity index (χ3v) is 5.62. The van der Waals surface area contributed by atoms with Crippen LogP contribution in [0.25, 0.3) is 17.2 Å². The van der Waals surface area contributed by atoms with Gasteiger partial charge in [0.25, 0.3) is 0 Å². The summed E-state index contributed by atoms with van der Waals surface area (Å²) in [5, 5.41) is 22.3. The molecule has 3 N–H and O–H groups in total. The van der Waals surface area contributed by atoms with Crippen molar-refractivity contribution in [1.29, 1.82) is 0 Å². The molecule has 3 aromatic rings. The Kier molecular flexibility index (Phi) is 7.28. The van der Waals surface area contributed by atoms with Gasteiger partial charge < -0.3 is 25.0 Å². The first kappa shape index (κ1) is 23.7. The molecule has 33 heavy (non-hydrogen) atoms. The van der Waals surface area contributed by atoms with E-state index in [1.165, 1.54) is 0 Å². The molecule has 0 radical (unpaired) electrons. The molecule has 3 rings (SSSR count). The summed E-state index contributed by atoms with van der Waals surface area (Å²) >= 11 is 0. The summed E-state index contributed by atoms with van der Waals surface area (Å²) in [5.41, 5.74) is 6.37. The minimum atomic E-state index is -0.981. The lowest BCUT2D eigenvalue weighted by Gasteiger charge is -2.21. The molecule has 0 saturated heterocycles. The van der Waals surface area contributed by atoms with Gasteiger partial charge >= 0.3 is 5.97 Å². The number of hydrogen-bond acceptors (Lipinski definition) is 5. The van der Waals surface area contributed by atoms with Crippen LogP contribution in [0.4, 0.5) is 5.69 Å². The average molecular weight is 448 g/mol. The van der Waals surface area contributed by atoms with Crippen LogP contribution < -0.4 is 14.8 Å². The number of carbonyl (C=O) groups is 1. The van der Waals surface area contributed by atoms with Crippen LogP contribution in [0.1, 0.15) is 29.2 Å². The zero-order chi connectivity index (χ0) is 24.1. The van der Waals surface area contributed by atoms with Gasteiger partial charge in [-0.1, -0.05) is 24.3 Å². The lowest BCUT2D eigenvalue weighted by molar-refractivity contribution is -0.132. The zero-order valence-corrected chi connectivity index (χ0v) is 19.5. The largest absolute Gasteiger partial charge is 0.508 e. The van der Waals surface area contributed by atoms with Gasteiger partial charge in [-0.25, -0.2) is 4.79 Å². The monoisotopic (exact) mass is 447 g/mol. The highest BCUT2D eigenvalue weighted by Crippen LogP contribution is 2.44. The normalized spacial score (nSPS) is 11.2. The number of rotatable bonds is 8. The second-order valence-corrected chi connectivity index (χ2v) is 7.84. The number of aromatic hydroxyl groups is 1. The average Bonchev–Trinajstić information content (AvgIpc) is 2.80. The number of ether oxygens (including phenoxy) is 2. The Hall–Kier alpha value is -3.93. The van der Waals surface area contributed by atoms with Crippen molar-refractivity contribution in [2.45, 2.75) is 27.3 Å². The first-order valence-electron chi connectivity index (χ1n) is 10.6. The fourth-order valence-corrected chi connectivity index (χ4v) is 3.91. The van der Waals surface area contributed by atoms with Crippen LogP contribution in [0, 0.1) is 13.8 Å². The van der Waals surface area contributed by atoms with Crippen LogP contribution in [0.5, 0.6) is 17.2 Å². The molecule has 0 aromatic heterocycles. The Balaban J connectivity index is 1.99. The highest BCUT2D eigenvalue weighted by Gasteiger charge is 2.22. The quantitative estimate of drug-likeness (QED) is 0.379. The number of carboxylic acids is 1. The zero-order valence-electron chi connectivity index (χ0n) is 19.5. The first-order chi connectivity index (χ1) is 15.8. The minimum Gasteiger partial charge on any atom is -0.508 e. The number of hydrogen-bond donors (Lipinski definition) is 3. The van der Waals surface area contributed by atoms with Crippen molar-refractivity contribution in [3.05, 3.63) is 76.4 Å². The van der Waals surface area contributed by atoms with E-state index in [0.717, 1.165) is 33.5 Å². The van der Waals surface area contributed by atoms with E-state index < -0.39 is 5.97 Å². The highest BCUT2D eigenvalue weighted by molar-refractivity contribution is 5.93. The maximum atomic E-state index is 11.4. The van der Waals surface area contributed by atoms with Crippen LogP contribution in [0.3, 0.4) is 0 Å². The molecular formula is C27H29NO5. The molecule has 0 amide bonds. The predicted molar refractivity (Wildman–Crippen MR) is 131 cm³/mol. The van der Waals surface area contributed by atoms with Crippen molar-refractivity contribution >= 4 is 17.7 Å². The second kappa shape index (κ2) is 10.1. The van der Waals surface area contributed by atoms with E-state index in [1.54, 1.807) is 39.4 Å². The van der Waals surface area contributed by atoms with Crippen LogP contribution in [-0.2, 0) is 11.3 Å². The van der Waals surface area contributed by atoms with Gasteiger partial charge in [0, 0.05) is 40.1 Å². The molecular weight excluding hydrogens is 418 g/mol. The summed E-state index contributed by atoms with van der Waals surface area (Å²) in [6, 6.07) is 15.1. The van der Waals surface area contributed by atoms with E-state index >= 15 is 0 Å². The molecule has 0 spiro atoms. The Morgan fingerprint density at radius 2 is 1.67 bits per heavy atom. The fourth-order valence-electron chi connectivity index (χ4n) is 3.91. The summed E-state index contributed by atoms with van der Waals surface area (Å²) in [6.07, 6.45) is 1.62. The van der Waals surface area contributed by atoms with Gasteiger partial charge in [-0.2, -0.15) is 0 Å². The summed E-state index contributed by atoms with van der Waals surface area (Å²) in [6.45, 7) is 5.99. The van der Waals surface area contributed by atoms with Gasteiger partial charge in [0.1, 0.15) is 17.2 Å². The molecule has 0 bridgehead atoms. The summed E-state index contributed by atoms with van der Waals surface area (Å²) < 4.78 is 11.5. The maximum absolute atomic E-state index is 11.4. The maximum Gasteiger partial charge on any atom is 0.331 e. The van der Waals surface area contributed by atoms with Crippen LogP contribution in [0.2, 0.25) is 0 Å². The number of anilines is 1. The molecule has 0 unspecified atom stereocenters. The van der Waals surface area contributed by atoms with Gasteiger partial charge in [-0.05, 0) is 62.2 Å². The molecule has 6 nitrogen and oxygen atoms in total. The van der Waals surface area contributed by atoms with Gasteiger partial charge in [0.15, 0.2) is 0 Å². The fraction of sp³-hybridized carbons (Fsp3) is 0.222. The standard InChI is InChI=1S/C27H29NO5/c1-16(27(30)31)13-23-17(2)26(33-5)24(18(3)25(23)32-4)20-9-11-21(12-10-20)28-15-19-7-6-8-22(29)14-19/h6-14,28-29H,15H2,1-5H3,(H,30,31). The Labute approximate surface area is 194 Å². The second-order valence-electron chi connectivity index (χ2n) is 7.84. The van der Waals surface area contributed by atoms with Crippen LogP contribution in [0.15, 0.2) is 54.1 Å². The van der Waals surface area contributed by atoms with E-state index in [0.29, 0.717) is 23.6 Å². The van der Waals surface area contributed by atoms with Crippen molar-refractivity contribution in [2.24, 2.45) is 0 Å². The number of benzene rings is 3. The third-order valence-electron chi connectivity index (χ3n) is 5.62. The summed E-state index contributed by atoms with van der Waals surface area (Å²) in [4.78, 5) is 11.4. The number of phenols is 1. The van der Waals surface area contributed by atoms with Crippen LogP contribution in [-0.4, -0.2) is 30.4 Å². The van der Waals surface area contributed by atoms with Crippen molar-refractivity contribution in [3.63, 3.8) is 0 Å². The molecule has 0 saturated carbocycles. The van der Waals surface area contributed by atoms with Gasteiger partial charge in [0.05, 0.1) is 14.2 Å². The van der Waals surface area contributed by atoms with E-state index in [2.05, 4.69) is 5.32 Å². The van der Waals surface area contributed by atoms with Gasteiger partial charge in [-0.3, -0.25) is 0 Å². The Morgan fingerprint density at radius 3 is 2.24 bits per heavy atom. The molecule has 0 atom stereocenters. The molecule has 0 aliphatic carbocycles. The molecule has 0 aliphatic rings. The predicted octanol–water partition coefficient (Wildman–Crippen LogP) is 5.79. The van der Waals surface area contributed by atoms with Crippen molar-refractivity contribution in [2.75, 3.05) is 19.5 Å². The van der Waals surface area contributed by atoms with E-state index in [1.807, 2.05) is 50.2 Å². The molecule has 0 fully saturated rings. The molecule has 0 aliphatic heterocycles. The van der Waals surface area contributed by atoms with Crippen molar-refractivity contribution in [1.82, 2.24) is 0 Å². The van der Waals surface area contributed by atoms with Crippen LogP contribution >= 0.6 is 0 Å². The third kappa shape index (κ3) is 5.12. The Bertz CT molecular complexity index is 1200. The summed E-state index contributed by atoms with van der Waals surface area (Å²) in [5.74, 6) is 0.563. The van der Waals surface area contributed by atoms with E-state index in [9.17, 15) is 15.0 Å². The smallest absolute Gasteiger partial charge is 0.331 e. The number of nitrogens with one attached hydrogen (secondary N) is 1. The first-order valence-corrected chi connectivity index (χ1v) is 10.6. The van der Waals surface area contributed by atoms with E-state index in [-0.39, 0.29) is 11.3 Å².